The summed E-state index contributed by atoms with van der Waals surface area (Å²) in [5.74, 6) is -4.10. The second-order valence-corrected chi connectivity index (χ2v) is 10.9. The highest BCUT2D eigenvalue weighted by Crippen LogP contribution is 2.37. The van der Waals surface area contributed by atoms with Crippen LogP contribution in [0.1, 0.15) is 36.9 Å². The molecule has 2 aromatic carbocycles. The Morgan fingerprint density at radius 1 is 1.15 bits per heavy atom. The second kappa shape index (κ2) is 14.3. The molecule has 2 amide bonds. The highest BCUT2D eigenvalue weighted by Gasteiger charge is 2.48. The van der Waals surface area contributed by atoms with Gasteiger partial charge in [-0.1, -0.05) is 67.6 Å². The molecule has 41 heavy (non-hydrogen) atoms. The lowest BCUT2D eigenvalue weighted by Crippen LogP contribution is -2.51. The number of hydrogen-bond donors (Lipinski definition) is 2. The van der Waals surface area contributed by atoms with E-state index in [4.69, 9.17) is 18.9 Å². The zero-order valence-corrected chi connectivity index (χ0v) is 24.3. The number of halogens is 1. The molecule has 1 saturated heterocycles. The number of aliphatic hydroxyl groups excluding tert-OH is 1. The van der Waals surface area contributed by atoms with Crippen molar-refractivity contribution in [3.05, 3.63) is 82.3 Å². The predicted octanol–water partition coefficient (Wildman–Crippen LogP) is 3.65. The number of ketones is 1. The summed E-state index contributed by atoms with van der Waals surface area (Å²) in [5, 5.41) is 20.8. The van der Waals surface area contributed by atoms with E-state index in [9.17, 15) is 24.6 Å². The minimum atomic E-state index is -1.87. The first-order valence-corrected chi connectivity index (χ1v) is 14.2. The maximum absolute atomic E-state index is 13.4. The quantitative estimate of drug-likeness (QED) is 0.318. The van der Waals surface area contributed by atoms with E-state index in [1.54, 1.807) is 24.3 Å². The molecule has 2 aliphatic heterocycles. The van der Waals surface area contributed by atoms with Crippen LogP contribution in [0.4, 0.5) is 4.79 Å². The Morgan fingerprint density at radius 2 is 1.83 bits per heavy atom. The first-order chi connectivity index (χ1) is 19.7. The number of carbonyl (C=O) groups excluding carboxylic acids is 3. The van der Waals surface area contributed by atoms with Crippen molar-refractivity contribution in [3.8, 4) is 0 Å². The van der Waals surface area contributed by atoms with Gasteiger partial charge >= 0.3 is 6.09 Å². The van der Waals surface area contributed by atoms with Crippen LogP contribution in [0.15, 0.2) is 71.2 Å². The number of carbonyl (C=O) groups is 3. The fraction of sp³-hybridized carbons (Fsp3) is 0.433. The molecule has 5 atom stereocenters. The first kappa shape index (κ1) is 31.0. The van der Waals surface area contributed by atoms with Gasteiger partial charge in [0.25, 0.3) is 0 Å². The number of nitrogens with zero attached hydrogens (tertiary/aromatic N) is 1. The van der Waals surface area contributed by atoms with Gasteiger partial charge in [-0.25, -0.2) is 9.69 Å². The van der Waals surface area contributed by atoms with Crippen LogP contribution < -0.4 is 0 Å². The van der Waals surface area contributed by atoms with Crippen LogP contribution in [0.2, 0.25) is 0 Å². The summed E-state index contributed by atoms with van der Waals surface area (Å²) >= 11 is 3.23. The maximum Gasteiger partial charge on any atom is 0.417 e. The number of cyclic esters (lactones) is 1. The van der Waals surface area contributed by atoms with Crippen LogP contribution >= 0.6 is 15.9 Å². The molecule has 2 N–H and O–H groups in total. The molecule has 0 spiro atoms. The Hall–Kier alpha value is -2.93. The molecule has 0 aromatic heterocycles. The molecule has 1 fully saturated rings. The van der Waals surface area contributed by atoms with Crippen molar-refractivity contribution in [1.29, 1.82) is 0 Å². The standard InChI is InChI=1S/C30H34BrNO9/c1-20(28(35)32-24(19-40-29(32)36)22-11-6-3-7-12-22)27-25(34)15-26(31)30(37,41-27)13-8-14-38-18-23(16-33)39-17-21-9-4-2-5-10-21/h2-7,9-12,15,20,23-24,27,33,37H,8,13-14,16-19H2,1H3/t20-,23-,24+,27-,30+/m1/s1. The summed E-state index contributed by atoms with van der Waals surface area (Å²) in [4.78, 5) is 39.8. The SMILES string of the molecule is C[C@@H](C(=O)N1C(=O)OC[C@H]1c1ccccc1)[C@H]1O[C@@](O)(CCCOC[C@@H](CO)OCc2ccccc2)C(Br)=CC1=O. The summed E-state index contributed by atoms with van der Waals surface area (Å²) in [6.45, 7) is 2.00. The molecular weight excluding hydrogens is 598 g/mol. The molecule has 2 aromatic rings. The maximum atomic E-state index is 13.4. The highest BCUT2D eigenvalue weighted by molar-refractivity contribution is 9.11. The third-order valence-electron chi connectivity index (χ3n) is 7.02. The topological polar surface area (TPSA) is 132 Å². The first-order valence-electron chi connectivity index (χ1n) is 13.4. The summed E-state index contributed by atoms with van der Waals surface area (Å²) < 4.78 is 22.5. The van der Waals surface area contributed by atoms with E-state index in [0.717, 1.165) is 16.0 Å². The molecule has 0 aliphatic carbocycles. The van der Waals surface area contributed by atoms with E-state index in [1.807, 2.05) is 36.4 Å². The van der Waals surface area contributed by atoms with E-state index in [-0.39, 0.29) is 37.3 Å². The number of rotatable bonds is 13. The van der Waals surface area contributed by atoms with E-state index in [1.165, 1.54) is 13.0 Å². The van der Waals surface area contributed by atoms with Crippen molar-refractivity contribution >= 4 is 33.7 Å². The minimum Gasteiger partial charge on any atom is -0.446 e. The Balaban J connectivity index is 1.31. The van der Waals surface area contributed by atoms with E-state index < -0.39 is 47.7 Å². The normalized spacial score (nSPS) is 24.1. The molecule has 10 nitrogen and oxygen atoms in total. The Bertz CT molecular complexity index is 1220. The van der Waals surface area contributed by atoms with Gasteiger partial charge in [0, 0.05) is 13.0 Å². The van der Waals surface area contributed by atoms with Crippen LogP contribution in [0.25, 0.3) is 0 Å². The largest absolute Gasteiger partial charge is 0.446 e. The van der Waals surface area contributed by atoms with Gasteiger partial charge < -0.3 is 29.2 Å². The predicted molar refractivity (Wildman–Crippen MR) is 151 cm³/mol. The molecule has 4 rings (SSSR count). The second-order valence-electron chi connectivity index (χ2n) is 10.00. The number of amides is 2. The molecule has 0 bridgehead atoms. The fourth-order valence-corrected chi connectivity index (χ4v) is 5.19. The Labute approximate surface area is 247 Å². The van der Waals surface area contributed by atoms with Crippen molar-refractivity contribution in [1.82, 2.24) is 4.90 Å². The number of imide groups is 1. The number of benzene rings is 2. The number of aliphatic hydroxyl groups is 2. The van der Waals surface area contributed by atoms with Crippen molar-refractivity contribution in [2.75, 3.05) is 26.4 Å². The van der Waals surface area contributed by atoms with Crippen LogP contribution in [0.3, 0.4) is 0 Å². The van der Waals surface area contributed by atoms with Gasteiger partial charge in [0.15, 0.2) is 11.6 Å². The van der Waals surface area contributed by atoms with Gasteiger partial charge in [0.05, 0.1) is 30.2 Å². The lowest BCUT2D eigenvalue weighted by Gasteiger charge is -2.37. The van der Waals surface area contributed by atoms with Gasteiger partial charge in [-0.2, -0.15) is 0 Å². The summed E-state index contributed by atoms with van der Waals surface area (Å²) in [6, 6.07) is 18.0. The van der Waals surface area contributed by atoms with Crippen molar-refractivity contribution < 1.29 is 43.5 Å². The molecule has 2 heterocycles. The highest BCUT2D eigenvalue weighted by atomic mass is 79.9. The zero-order chi connectivity index (χ0) is 29.4. The Kier molecular flexibility index (Phi) is 10.8. The smallest absolute Gasteiger partial charge is 0.417 e. The van der Waals surface area contributed by atoms with Gasteiger partial charge in [0.2, 0.25) is 5.91 Å². The molecule has 11 heteroatoms. The summed E-state index contributed by atoms with van der Waals surface area (Å²) in [7, 11) is 0. The molecule has 0 radical (unpaired) electrons. The minimum absolute atomic E-state index is 0.00456. The van der Waals surface area contributed by atoms with E-state index >= 15 is 0 Å². The monoisotopic (exact) mass is 631 g/mol. The van der Waals surface area contributed by atoms with E-state index in [2.05, 4.69) is 15.9 Å². The van der Waals surface area contributed by atoms with Crippen LogP contribution in [-0.4, -0.2) is 77.3 Å². The average Bonchev–Trinajstić information content (AvgIpc) is 3.38. The van der Waals surface area contributed by atoms with Gasteiger partial charge in [-0.3, -0.25) is 9.59 Å². The van der Waals surface area contributed by atoms with Gasteiger partial charge in [-0.15, -0.1) is 0 Å². The van der Waals surface area contributed by atoms with Crippen molar-refractivity contribution in [2.24, 2.45) is 5.92 Å². The third-order valence-corrected chi connectivity index (χ3v) is 7.87. The molecule has 0 unspecified atom stereocenters. The molecule has 2 aliphatic rings. The molecule has 220 valence electrons. The third kappa shape index (κ3) is 7.68. The van der Waals surface area contributed by atoms with Gasteiger partial charge in [-0.05, 0) is 39.6 Å². The van der Waals surface area contributed by atoms with Gasteiger partial charge in [0.1, 0.15) is 24.9 Å². The lowest BCUT2D eigenvalue weighted by atomic mass is 9.93. The van der Waals surface area contributed by atoms with Crippen LogP contribution in [0, 0.1) is 5.92 Å². The Morgan fingerprint density at radius 3 is 2.51 bits per heavy atom. The van der Waals surface area contributed by atoms with Crippen molar-refractivity contribution in [3.63, 3.8) is 0 Å². The van der Waals surface area contributed by atoms with Crippen LogP contribution in [-0.2, 0) is 35.1 Å². The summed E-state index contributed by atoms with van der Waals surface area (Å²) in [6.07, 6.45) is -1.02. The van der Waals surface area contributed by atoms with Crippen molar-refractivity contribution in [2.45, 2.75) is 50.4 Å². The molecular formula is C30H34BrNO9. The fourth-order valence-electron chi connectivity index (χ4n) is 4.68. The lowest BCUT2D eigenvalue weighted by molar-refractivity contribution is -0.218. The summed E-state index contributed by atoms with van der Waals surface area (Å²) in [5.41, 5.74) is 1.70. The number of ether oxygens (including phenoxy) is 4. The van der Waals surface area contributed by atoms with Crippen LogP contribution in [0.5, 0.6) is 0 Å². The average molecular weight is 633 g/mol. The zero-order valence-electron chi connectivity index (χ0n) is 22.7. The number of hydrogen-bond acceptors (Lipinski definition) is 9. The molecule has 0 saturated carbocycles. The van der Waals surface area contributed by atoms with E-state index in [0.29, 0.717) is 13.0 Å².